The van der Waals surface area contributed by atoms with Crippen LogP contribution >= 0.6 is 0 Å². The standard InChI is InChI=1S/C11H15N3O2/c15-6-10(7-16)12-4-8-1-2-9-5-13-14-11(9)3-8/h1-3,5,10,12,15-16H,4,6-7H2,(H,13,14). The van der Waals surface area contributed by atoms with Crippen LogP contribution in [0.15, 0.2) is 24.4 Å². The molecule has 0 aliphatic rings. The van der Waals surface area contributed by atoms with Gasteiger partial charge in [-0.1, -0.05) is 12.1 Å². The first kappa shape index (κ1) is 11.1. The monoisotopic (exact) mass is 221 g/mol. The average Bonchev–Trinajstić information content (AvgIpc) is 2.77. The van der Waals surface area contributed by atoms with Crippen LogP contribution in [0.4, 0.5) is 0 Å². The van der Waals surface area contributed by atoms with E-state index >= 15 is 0 Å². The van der Waals surface area contributed by atoms with E-state index in [9.17, 15) is 0 Å². The number of hydrogen-bond acceptors (Lipinski definition) is 4. The number of benzene rings is 1. The SMILES string of the molecule is OCC(CO)NCc1ccc2cn[nH]c2c1. The third-order valence-electron chi connectivity index (χ3n) is 2.54. The summed E-state index contributed by atoms with van der Waals surface area (Å²) in [5.41, 5.74) is 2.08. The number of nitrogens with one attached hydrogen (secondary N) is 2. The van der Waals surface area contributed by atoms with Crippen LogP contribution in [0.25, 0.3) is 10.9 Å². The highest BCUT2D eigenvalue weighted by Crippen LogP contribution is 2.12. The fourth-order valence-corrected chi connectivity index (χ4v) is 1.54. The van der Waals surface area contributed by atoms with Crippen molar-refractivity contribution in [1.82, 2.24) is 15.5 Å². The van der Waals surface area contributed by atoms with Gasteiger partial charge in [0.1, 0.15) is 0 Å². The number of nitrogens with zero attached hydrogens (tertiary/aromatic N) is 1. The van der Waals surface area contributed by atoms with Crippen LogP contribution in [0.5, 0.6) is 0 Å². The molecule has 5 nitrogen and oxygen atoms in total. The minimum absolute atomic E-state index is 0.0667. The molecule has 2 rings (SSSR count). The van der Waals surface area contributed by atoms with E-state index in [4.69, 9.17) is 10.2 Å². The second kappa shape index (κ2) is 5.07. The summed E-state index contributed by atoms with van der Waals surface area (Å²) in [6.45, 7) is 0.479. The van der Waals surface area contributed by atoms with Crippen molar-refractivity contribution < 1.29 is 10.2 Å². The van der Waals surface area contributed by atoms with Gasteiger partial charge in [-0.05, 0) is 11.6 Å². The summed E-state index contributed by atoms with van der Waals surface area (Å²) in [6.07, 6.45) is 1.77. The maximum absolute atomic E-state index is 8.90. The molecule has 1 heterocycles. The molecule has 0 radical (unpaired) electrons. The van der Waals surface area contributed by atoms with Crippen LogP contribution in [0.1, 0.15) is 5.56 Å². The number of fused-ring (bicyclic) bond motifs is 1. The molecule has 16 heavy (non-hydrogen) atoms. The number of aliphatic hydroxyl groups excluding tert-OH is 2. The molecule has 1 aromatic carbocycles. The van der Waals surface area contributed by atoms with E-state index in [-0.39, 0.29) is 19.3 Å². The topological polar surface area (TPSA) is 81.2 Å². The van der Waals surface area contributed by atoms with Crippen LogP contribution < -0.4 is 5.32 Å². The van der Waals surface area contributed by atoms with Gasteiger partial charge < -0.3 is 15.5 Å². The van der Waals surface area contributed by atoms with Crippen molar-refractivity contribution in [2.75, 3.05) is 13.2 Å². The quantitative estimate of drug-likeness (QED) is 0.573. The second-order valence-electron chi connectivity index (χ2n) is 3.73. The van der Waals surface area contributed by atoms with Crippen LogP contribution in [-0.2, 0) is 6.54 Å². The first-order valence-electron chi connectivity index (χ1n) is 5.20. The molecule has 0 aliphatic heterocycles. The zero-order chi connectivity index (χ0) is 11.4. The molecule has 1 aromatic heterocycles. The van der Waals surface area contributed by atoms with Gasteiger partial charge in [0.25, 0.3) is 0 Å². The normalized spacial score (nSPS) is 11.4. The average molecular weight is 221 g/mol. The lowest BCUT2D eigenvalue weighted by Crippen LogP contribution is -2.35. The Bertz CT molecular complexity index is 451. The predicted molar refractivity (Wildman–Crippen MR) is 60.9 cm³/mol. The maximum Gasteiger partial charge on any atom is 0.0653 e. The molecule has 0 unspecified atom stereocenters. The zero-order valence-electron chi connectivity index (χ0n) is 8.85. The first-order valence-corrected chi connectivity index (χ1v) is 5.20. The Balaban J connectivity index is 2.03. The van der Waals surface area contributed by atoms with Crippen molar-refractivity contribution >= 4 is 10.9 Å². The molecule has 0 atom stereocenters. The Hall–Kier alpha value is -1.43. The van der Waals surface area contributed by atoms with Crippen LogP contribution in [0, 0.1) is 0 Å². The molecule has 0 saturated carbocycles. The van der Waals surface area contributed by atoms with E-state index in [2.05, 4.69) is 15.5 Å². The molecule has 0 amide bonds. The van der Waals surface area contributed by atoms with Crippen molar-refractivity contribution in [1.29, 1.82) is 0 Å². The molecular weight excluding hydrogens is 206 g/mol. The van der Waals surface area contributed by atoms with E-state index in [1.54, 1.807) is 6.20 Å². The van der Waals surface area contributed by atoms with Gasteiger partial charge in [-0.15, -0.1) is 0 Å². The zero-order valence-corrected chi connectivity index (χ0v) is 8.85. The Kier molecular flexibility index (Phi) is 3.51. The van der Waals surface area contributed by atoms with E-state index in [0.29, 0.717) is 6.54 Å². The third kappa shape index (κ3) is 2.38. The highest BCUT2D eigenvalue weighted by molar-refractivity contribution is 5.78. The summed E-state index contributed by atoms with van der Waals surface area (Å²) in [5.74, 6) is 0. The van der Waals surface area contributed by atoms with Crippen LogP contribution in [0.3, 0.4) is 0 Å². The molecule has 5 heteroatoms. The van der Waals surface area contributed by atoms with Gasteiger partial charge in [-0.2, -0.15) is 5.10 Å². The van der Waals surface area contributed by atoms with E-state index in [1.807, 2.05) is 18.2 Å². The lowest BCUT2D eigenvalue weighted by atomic mass is 10.1. The van der Waals surface area contributed by atoms with E-state index < -0.39 is 0 Å². The smallest absolute Gasteiger partial charge is 0.0653 e. The summed E-state index contributed by atoms with van der Waals surface area (Å²) < 4.78 is 0. The van der Waals surface area contributed by atoms with Crippen molar-refractivity contribution in [3.05, 3.63) is 30.0 Å². The van der Waals surface area contributed by atoms with Crippen LogP contribution in [-0.4, -0.2) is 39.7 Å². The van der Waals surface area contributed by atoms with Gasteiger partial charge in [0.2, 0.25) is 0 Å². The van der Waals surface area contributed by atoms with E-state index in [0.717, 1.165) is 16.5 Å². The second-order valence-corrected chi connectivity index (χ2v) is 3.73. The Morgan fingerprint density at radius 3 is 2.88 bits per heavy atom. The minimum atomic E-state index is -0.266. The number of aromatic amines is 1. The van der Waals surface area contributed by atoms with Gasteiger partial charge in [-0.3, -0.25) is 5.10 Å². The summed E-state index contributed by atoms with van der Waals surface area (Å²) in [4.78, 5) is 0. The summed E-state index contributed by atoms with van der Waals surface area (Å²) in [5, 5.41) is 28.8. The van der Waals surface area contributed by atoms with Gasteiger partial charge >= 0.3 is 0 Å². The van der Waals surface area contributed by atoms with Crippen molar-refractivity contribution in [2.45, 2.75) is 12.6 Å². The third-order valence-corrected chi connectivity index (χ3v) is 2.54. The molecule has 2 aromatic rings. The van der Waals surface area contributed by atoms with Gasteiger partial charge in [0.15, 0.2) is 0 Å². The number of aliphatic hydroxyl groups is 2. The summed E-state index contributed by atoms with van der Waals surface area (Å²) >= 11 is 0. The predicted octanol–water partition coefficient (Wildman–Crippen LogP) is 0.00570. The molecular formula is C11H15N3O2. The minimum Gasteiger partial charge on any atom is -0.395 e. The van der Waals surface area contributed by atoms with Crippen molar-refractivity contribution in [3.8, 4) is 0 Å². The molecule has 0 fully saturated rings. The molecule has 0 saturated heterocycles. The highest BCUT2D eigenvalue weighted by Gasteiger charge is 2.04. The summed E-state index contributed by atoms with van der Waals surface area (Å²) in [6, 6.07) is 5.72. The summed E-state index contributed by atoms with van der Waals surface area (Å²) in [7, 11) is 0. The van der Waals surface area contributed by atoms with Crippen LogP contribution in [0.2, 0.25) is 0 Å². The Labute approximate surface area is 93.1 Å². The fourth-order valence-electron chi connectivity index (χ4n) is 1.54. The lowest BCUT2D eigenvalue weighted by molar-refractivity contribution is 0.170. The Morgan fingerprint density at radius 1 is 1.31 bits per heavy atom. The van der Waals surface area contributed by atoms with Gasteiger partial charge in [0.05, 0.1) is 31.0 Å². The van der Waals surface area contributed by atoms with Crippen molar-refractivity contribution in [3.63, 3.8) is 0 Å². The van der Waals surface area contributed by atoms with Gasteiger partial charge in [0, 0.05) is 11.9 Å². The Morgan fingerprint density at radius 2 is 2.12 bits per heavy atom. The maximum atomic E-state index is 8.90. The molecule has 4 N–H and O–H groups in total. The number of aromatic nitrogens is 2. The van der Waals surface area contributed by atoms with Crippen molar-refractivity contribution in [2.24, 2.45) is 0 Å². The lowest BCUT2D eigenvalue weighted by Gasteiger charge is -2.12. The largest absolute Gasteiger partial charge is 0.395 e. The van der Waals surface area contributed by atoms with Gasteiger partial charge in [-0.25, -0.2) is 0 Å². The molecule has 0 aliphatic carbocycles. The fraction of sp³-hybridized carbons (Fsp3) is 0.364. The number of rotatable bonds is 5. The van der Waals surface area contributed by atoms with E-state index in [1.165, 1.54) is 0 Å². The molecule has 0 bridgehead atoms. The molecule has 0 spiro atoms. The molecule has 86 valence electrons. The first-order chi connectivity index (χ1) is 7.83. The number of hydrogen-bond donors (Lipinski definition) is 4. The highest BCUT2D eigenvalue weighted by atomic mass is 16.3. The number of H-pyrrole nitrogens is 1.